The maximum atomic E-state index is 10.7. The number of hydrogen-bond donors (Lipinski definition) is 2. The van der Waals surface area contributed by atoms with E-state index in [1.165, 1.54) is 11.3 Å². The van der Waals surface area contributed by atoms with Crippen LogP contribution in [0, 0.1) is 39.9 Å². The average molecular weight is 478 g/mol. The second-order valence-electron chi connectivity index (χ2n) is 8.79. The molecule has 2 aliphatic carbocycles. The van der Waals surface area contributed by atoms with Crippen LogP contribution in [0.2, 0.25) is 0 Å². The summed E-state index contributed by atoms with van der Waals surface area (Å²) in [6.07, 6.45) is 10.6. The fourth-order valence-corrected chi connectivity index (χ4v) is 6.16. The van der Waals surface area contributed by atoms with Gasteiger partial charge in [0.15, 0.2) is 0 Å². The van der Waals surface area contributed by atoms with E-state index in [2.05, 4.69) is 24.4 Å². The van der Waals surface area contributed by atoms with Crippen LogP contribution in [0.15, 0.2) is 12.1 Å². The molecule has 0 spiro atoms. The van der Waals surface area contributed by atoms with Gasteiger partial charge in [-0.3, -0.25) is 0 Å². The van der Waals surface area contributed by atoms with Gasteiger partial charge in [0, 0.05) is 32.7 Å². The maximum absolute atomic E-state index is 10.7. The van der Waals surface area contributed by atoms with Gasteiger partial charge in [0.05, 0.1) is 24.2 Å². The Hall–Kier alpha value is 0.214. The molecule has 5 heteroatoms. The van der Waals surface area contributed by atoms with Gasteiger partial charge in [-0.2, -0.15) is 11.3 Å². The molecule has 28 heavy (non-hydrogen) atoms. The van der Waals surface area contributed by atoms with Crippen molar-refractivity contribution in [3.63, 3.8) is 0 Å². The van der Waals surface area contributed by atoms with Crippen molar-refractivity contribution in [3.05, 3.63) is 22.4 Å². The van der Waals surface area contributed by atoms with E-state index in [0.717, 1.165) is 57.8 Å². The fraction of sp³-hybridized carbons (Fsp3) is 0.783. The molecule has 2 N–H and O–H groups in total. The molecule has 3 nitrogen and oxygen atoms in total. The summed E-state index contributed by atoms with van der Waals surface area (Å²) in [5, 5.41) is 33.9. The standard InChI is InChI=1S/C23H34NO2S.Y/c1-2-23(12-6-13-23)22(26)11-4-10-20-19(17(16-24)15-21(20)25)9-3-7-18-8-5-14-27-18;/h5,8,17,19-22,25-26H,2-4,6-7,9-13,15H2,1H3;/q-1;/t17-,19-,20+,21+,22?;/m0./s1. The van der Waals surface area contributed by atoms with Crippen molar-refractivity contribution in [2.24, 2.45) is 23.2 Å². The van der Waals surface area contributed by atoms with Gasteiger partial charge in [-0.05, 0) is 62.2 Å². The normalized spacial score (nSPS) is 29.5. The predicted molar refractivity (Wildman–Crippen MR) is 109 cm³/mol. The summed E-state index contributed by atoms with van der Waals surface area (Å²) in [6, 6.07) is 6.55. The third-order valence-corrected chi connectivity index (χ3v) is 8.34. The summed E-state index contributed by atoms with van der Waals surface area (Å²) >= 11 is 1.68. The third kappa shape index (κ3) is 5.67. The summed E-state index contributed by atoms with van der Waals surface area (Å²) in [6.45, 7) is 2.20. The molecular weight excluding hydrogens is 443 g/mol. The molecule has 0 bridgehead atoms. The molecule has 3 rings (SSSR count). The molecule has 1 aromatic heterocycles. The Kier molecular flexibility index (Phi) is 10.1. The Morgan fingerprint density at radius 1 is 1.32 bits per heavy atom. The van der Waals surface area contributed by atoms with E-state index >= 15 is 0 Å². The smallest absolute Gasteiger partial charge is 0.0659 e. The number of thiophene rings is 1. The Balaban J connectivity index is 0.00000280. The van der Waals surface area contributed by atoms with E-state index in [4.69, 9.17) is 0 Å². The molecule has 5 atom stereocenters. The van der Waals surface area contributed by atoms with Crippen LogP contribution in [0.1, 0.15) is 76.0 Å². The monoisotopic (exact) mass is 477 g/mol. The zero-order chi connectivity index (χ0) is 19.3. The summed E-state index contributed by atoms with van der Waals surface area (Å²) < 4.78 is 0. The molecule has 0 amide bonds. The first-order valence-corrected chi connectivity index (χ1v) is 11.6. The average Bonchev–Trinajstić information content (AvgIpc) is 3.24. The Bertz CT molecular complexity index is 605. The molecule has 2 aliphatic rings. The number of hydrogen-bond acceptors (Lipinski definition) is 4. The van der Waals surface area contributed by atoms with E-state index < -0.39 is 0 Å². The molecular formula is C23H34NO2SY-. The molecule has 1 unspecified atom stereocenters. The van der Waals surface area contributed by atoms with E-state index in [-0.39, 0.29) is 62.2 Å². The van der Waals surface area contributed by atoms with Crippen molar-refractivity contribution >= 4 is 11.3 Å². The minimum atomic E-state index is -0.351. The predicted octanol–water partition coefficient (Wildman–Crippen LogP) is 5.12. The van der Waals surface area contributed by atoms with Gasteiger partial charge >= 0.3 is 0 Å². The van der Waals surface area contributed by atoms with Gasteiger partial charge in [-0.25, -0.2) is 6.07 Å². The summed E-state index contributed by atoms with van der Waals surface area (Å²) in [5.74, 6) is 0.504. The van der Waals surface area contributed by atoms with E-state index in [1.807, 2.05) is 6.07 Å². The van der Waals surface area contributed by atoms with Gasteiger partial charge < -0.3 is 21.5 Å². The van der Waals surface area contributed by atoms with Crippen LogP contribution < -0.4 is 0 Å². The Morgan fingerprint density at radius 2 is 2.07 bits per heavy atom. The number of aliphatic hydroxyl groups is 2. The van der Waals surface area contributed by atoms with Crippen molar-refractivity contribution in [2.45, 2.75) is 89.8 Å². The molecule has 1 aromatic rings. The van der Waals surface area contributed by atoms with E-state index in [0.29, 0.717) is 12.3 Å². The zero-order valence-electron chi connectivity index (χ0n) is 17.1. The third-order valence-electron chi connectivity index (χ3n) is 7.49. The summed E-state index contributed by atoms with van der Waals surface area (Å²) in [7, 11) is 0. The van der Waals surface area contributed by atoms with Crippen molar-refractivity contribution in [1.29, 1.82) is 5.26 Å². The molecule has 0 saturated heterocycles. The van der Waals surface area contributed by atoms with Crippen LogP contribution in [0.25, 0.3) is 0 Å². The molecule has 153 valence electrons. The quantitative estimate of drug-likeness (QED) is 0.460. The summed E-state index contributed by atoms with van der Waals surface area (Å²) in [5.41, 5.74) is 0.167. The van der Waals surface area contributed by atoms with Crippen LogP contribution in [0.4, 0.5) is 0 Å². The number of aliphatic hydroxyl groups excluding tert-OH is 2. The molecule has 0 aliphatic heterocycles. The molecule has 2 saturated carbocycles. The molecule has 1 radical (unpaired) electrons. The number of nitrogens with zero attached hydrogens (tertiary/aromatic N) is 1. The topological polar surface area (TPSA) is 64.2 Å². The van der Waals surface area contributed by atoms with Crippen molar-refractivity contribution in [1.82, 2.24) is 0 Å². The van der Waals surface area contributed by atoms with Gasteiger partial charge in [0.25, 0.3) is 0 Å². The van der Waals surface area contributed by atoms with Crippen molar-refractivity contribution < 1.29 is 42.9 Å². The molecule has 0 aromatic carbocycles. The molecule has 2 fully saturated rings. The minimum absolute atomic E-state index is 0. The van der Waals surface area contributed by atoms with E-state index in [9.17, 15) is 15.5 Å². The van der Waals surface area contributed by atoms with Gasteiger partial charge in [0.1, 0.15) is 0 Å². The largest absolute Gasteiger partial charge is 0.393 e. The van der Waals surface area contributed by atoms with Crippen molar-refractivity contribution in [2.75, 3.05) is 0 Å². The number of aryl methyl sites for hydroxylation is 1. The fourth-order valence-electron chi connectivity index (χ4n) is 5.49. The van der Waals surface area contributed by atoms with Crippen LogP contribution >= 0.6 is 11.3 Å². The second kappa shape index (κ2) is 11.6. The first-order chi connectivity index (χ1) is 13.1. The van der Waals surface area contributed by atoms with E-state index in [1.54, 1.807) is 11.3 Å². The Morgan fingerprint density at radius 3 is 2.64 bits per heavy atom. The van der Waals surface area contributed by atoms with Crippen molar-refractivity contribution in [3.8, 4) is 6.07 Å². The summed E-state index contributed by atoms with van der Waals surface area (Å²) in [4.78, 5) is 1.35. The second-order valence-corrected chi connectivity index (χ2v) is 9.76. The van der Waals surface area contributed by atoms with Crippen LogP contribution in [-0.4, -0.2) is 22.4 Å². The Labute approximate surface area is 199 Å². The first kappa shape index (κ1) is 24.5. The SMILES string of the molecule is CCC1(C(O)CCC[C@@H]2[C@@H](CCCc3cc[c-]s3)[C@H](C#N)C[C@H]2O)CCC1.[Y]. The van der Waals surface area contributed by atoms with Gasteiger partial charge in [-0.1, -0.05) is 32.6 Å². The number of nitriles is 1. The van der Waals surface area contributed by atoms with Crippen LogP contribution in [0.5, 0.6) is 0 Å². The van der Waals surface area contributed by atoms with Gasteiger partial charge in [-0.15, -0.1) is 10.3 Å². The first-order valence-electron chi connectivity index (χ1n) is 10.8. The van der Waals surface area contributed by atoms with Gasteiger partial charge in [0.2, 0.25) is 0 Å². The number of rotatable bonds is 10. The minimum Gasteiger partial charge on any atom is -0.393 e. The van der Waals surface area contributed by atoms with Crippen LogP contribution in [0.3, 0.4) is 0 Å². The molecule has 1 heterocycles. The van der Waals surface area contributed by atoms with Crippen LogP contribution in [-0.2, 0) is 39.1 Å². The zero-order valence-corrected chi connectivity index (χ0v) is 20.8. The maximum Gasteiger partial charge on any atom is 0.0659 e.